The van der Waals surface area contributed by atoms with E-state index in [0.29, 0.717) is 19.4 Å². The first-order valence-electron chi connectivity index (χ1n) is 5.45. The molecular weight excluding hydrogens is 232 g/mol. The largest absolute Gasteiger partial charge is 0.299 e. The number of rotatable bonds is 2. The Balaban J connectivity index is 1.96. The van der Waals surface area contributed by atoms with Gasteiger partial charge in [0.05, 0.1) is 5.02 Å². The van der Waals surface area contributed by atoms with E-state index in [9.17, 15) is 8.78 Å². The fourth-order valence-corrected chi connectivity index (χ4v) is 2.16. The number of piperidine rings is 1. The molecule has 0 atom stereocenters. The van der Waals surface area contributed by atoms with E-state index in [2.05, 4.69) is 4.90 Å². The lowest BCUT2D eigenvalue weighted by atomic mass is 10.1. The Hall–Kier alpha value is -0.670. The van der Waals surface area contributed by atoms with Crippen molar-refractivity contribution in [1.82, 2.24) is 4.90 Å². The normalized spacial score (nSPS) is 18.9. The van der Waals surface area contributed by atoms with Crippen LogP contribution in [0.2, 0.25) is 5.02 Å². The molecule has 1 aromatic carbocycles. The quantitative estimate of drug-likeness (QED) is 0.772. The van der Waals surface area contributed by atoms with Gasteiger partial charge in [0.1, 0.15) is 12.0 Å². The van der Waals surface area contributed by atoms with Gasteiger partial charge in [-0.15, -0.1) is 0 Å². The van der Waals surface area contributed by atoms with Gasteiger partial charge in [-0.2, -0.15) is 0 Å². The van der Waals surface area contributed by atoms with Crippen LogP contribution in [0.15, 0.2) is 18.2 Å². The first-order valence-corrected chi connectivity index (χ1v) is 5.83. The third-order valence-electron chi connectivity index (χ3n) is 2.91. The highest BCUT2D eigenvalue weighted by molar-refractivity contribution is 6.30. The Bertz CT molecular complexity index is 362. The van der Waals surface area contributed by atoms with E-state index >= 15 is 0 Å². The standard InChI is InChI=1S/C12H14ClF2N/c13-11-7-9(1-2-12(11)15)8-16-5-3-10(14)4-6-16/h1-2,7,10H,3-6,8H2. The maximum Gasteiger partial charge on any atom is 0.141 e. The van der Waals surface area contributed by atoms with Crippen molar-refractivity contribution in [1.29, 1.82) is 0 Å². The van der Waals surface area contributed by atoms with Crippen LogP contribution in [0.1, 0.15) is 18.4 Å². The molecule has 16 heavy (non-hydrogen) atoms. The molecule has 1 heterocycles. The van der Waals surface area contributed by atoms with Gasteiger partial charge >= 0.3 is 0 Å². The van der Waals surface area contributed by atoms with Crippen molar-refractivity contribution in [2.75, 3.05) is 13.1 Å². The summed E-state index contributed by atoms with van der Waals surface area (Å²) in [6, 6.07) is 4.74. The molecule has 0 amide bonds. The molecule has 1 aliphatic heterocycles. The minimum absolute atomic E-state index is 0.151. The minimum atomic E-state index is -0.659. The maximum atomic E-state index is 12.9. The second-order valence-corrected chi connectivity index (χ2v) is 4.61. The summed E-state index contributed by atoms with van der Waals surface area (Å²) in [4.78, 5) is 2.17. The summed E-state index contributed by atoms with van der Waals surface area (Å²) < 4.78 is 25.8. The zero-order valence-electron chi connectivity index (χ0n) is 8.93. The highest BCUT2D eigenvalue weighted by atomic mass is 35.5. The lowest BCUT2D eigenvalue weighted by molar-refractivity contribution is 0.145. The fourth-order valence-electron chi connectivity index (χ4n) is 1.96. The number of benzene rings is 1. The van der Waals surface area contributed by atoms with Gasteiger partial charge in [-0.05, 0) is 30.5 Å². The molecule has 0 saturated carbocycles. The van der Waals surface area contributed by atoms with Gasteiger partial charge < -0.3 is 0 Å². The molecule has 0 N–H and O–H groups in total. The highest BCUT2D eigenvalue weighted by Crippen LogP contribution is 2.19. The SMILES string of the molecule is Fc1ccc(CN2CCC(F)CC2)cc1Cl. The average Bonchev–Trinajstić information content (AvgIpc) is 2.27. The minimum Gasteiger partial charge on any atom is -0.299 e. The number of likely N-dealkylation sites (tertiary alicyclic amines) is 1. The second-order valence-electron chi connectivity index (χ2n) is 4.20. The first-order chi connectivity index (χ1) is 7.65. The molecule has 2 rings (SSSR count). The van der Waals surface area contributed by atoms with E-state index in [1.165, 1.54) is 6.07 Å². The predicted octanol–water partition coefficient (Wildman–Crippen LogP) is 3.41. The molecule has 0 bridgehead atoms. The second kappa shape index (κ2) is 5.11. The van der Waals surface area contributed by atoms with Crippen LogP contribution in [-0.2, 0) is 6.54 Å². The highest BCUT2D eigenvalue weighted by Gasteiger charge is 2.18. The van der Waals surface area contributed by atoms with E-state index in [-0.39, 0.29) is 5.02 Å². The number of hydrogen-bond donors (Lipinski definition) is 0. The molecule has 0 spiro atoms. The molecule has 1 saturated heterocycles. The third kappa shape index (κ3) is 2.92. The van der Waals surface area contributed by atoms with Crippen molar-refractivity contribution in [2.24, 2.45) is 0 Å². The Kier molecular flexibility index (Phi) is 3.77. The van der Waals surface area contributed by atoms with Gasteiger partial charge in [0.2, 0.25) is 0 Å². The molecule has 1 aromatic rings. The number of nitrogens with zero attached hydrogens (tertiary/aromatic N) is 1. The van der Waals surface area contributed by atoms with Crippen LogP contribution in [0.25, 0.3) is 0 Å². The Morgan fingerprint density at radius 2 is 2.00 bits per heavy atom. The van der Waals surface area contributed by atoms with Crippen molar-refractivity contribution < 1.29 is 8.78 Å². The van der Waals surface area contributed by atoms with Gasteiger partial charge in [-0.3, -0.25) is 4.90 Å². The number of hydrogen-bond acceptors (Lipinski definition) is 1. The molecule has 1 nitrogen and oxygen atoms in total. The summed E-state index contributed by atoms with van der Waals surface area (Å²) in [5.41, 5.74) is 0.976. The van der Waals surface area contributed by atoms with E-state index in [1.54, 1.807) is 12.1 Å². The van der Waals surface area contributed by atoms with Gasteiger partial charge in [0.15, 0.2) is 0 Å². The van der Waals surface area contributed by atoms with Crippen LogP contribution in [0, 0.1) is 5.82 Å². The molecular formula is C12H14ClF2N. The molecule has 0 radical (unpaired) electrons. The van der Waals surface area contributed by atoms with Gasteiger partial charge in [-0.25, -0.2) is 8.78 Å². The van der Waals surface area contributed by atoms with Gasteiger partial charge in [0, 0.05) is 19.6 Å². The lowest BCUT2D eigenvalue weighted by Crippen LogP contribution is -2.33. The van der Waals surface area contributed by atoms with E-state index in [0.717, 1.165) is 18.7 Å². The van der Waals surface area contributed by atoms with Crippen molar-refractivity contribution in [2.45, 2.75) is 25.6 Å². The summed E-state index contributed by atoms with van der Waals surface area (Å²) in [6.07, 6.45) is 0.525. The molecule has 88 valence electrons. The zero-order chi connectivity index (χ0) is 11.5. The Labute approximate surface area is 99.0 Å². The molecule has 0 aliphatic carbocycles. The summed E-state index contributed by atoms with van der Waals surface area (Å²) in [5.74, 6) is -0.395. The van der Waals surface area contributed by atoms with Crippen LogP contribution in [0.4, 0.5) is 8.78 Å². The van der Waals surface area contributed by atoms with Crippen LogP contribution in [0.3, 0.4) is 0 Å². The summed E-state index contributed by atoms with van der Waals surface area (Å²) in [7, 11) is 0. The van der Waals surface area contributed by atoms with Crippen LogP contribution >= 0.6 is 11.6 Å². The van der Waals surface area contributed by atoms with E-state index in [4.69, 9.17) is 11.6 Å². The molecule has 1 fully saturated rings. The van der Waals surface area contributed by atoms with Gasteiger partial charge in [0.25, 0.3) is 0 Å². The first kappa shape index (κ1) is 11.8. The Morgan fingerprint density at radius 3 is 2.62 bits per heavy atom. The van der Waals surface area contributed by atoms with Crippen molar-refractivity contribution in [3.63, 3.8) is 0 Å². The topological polar surface area (TPSA) is 3.24 Å². The fraction of sp³-hybridized carbons (Fsp3) is 0.500. The summed E-state index contributed by atoms with van der Waals surface area (Å²) in [5, 5.41) is 0.151. The summed E-state index contributed by atoms with van der Waals surface area (Å²) >= 11 is 5.70. The number of alkyl halides is 1. The van der Waals surface area contributed by atoms with E-state index in [1.807, 2.05) is 0 Å². The number of halogens is 3. The van der Waals surface area contributed by atoms with Crippen molar-refractivity contribution >= 4 is 11.6 Å². The van der Waals surface area contributed by atoms with Gasteiger partial charge in [-0.1, -0.05) is 17.7 Å². The Morgan fingerprint density at radius 1 is 1.31 bits per heavy atom. The third-order valence-corrected chi connectivity index (χ3v) is 3.20. The monoisotopic (exact) mass is 245 g/mol. The lowest BCUT2D eigenvalue weighted by Gasteiger charge is -2.28. The molecule has 0 unspecified atom stereocenters. The van der Waals surface area contributed by atoms with E-state index < -0.39 is 12.0 Å². The smallest absolute Gasteiger partial charge is 0.141 e. The molecule has 1 aliphatic rings. The average molecular weight is 246 g/mol. The predicted molar refractivity (Wildman–Crippen MR) is 60.8 cm³/mol. The van der Waals surface area contributed by atoms with Crippen LogP contribution < -0.4 is 0 Å². The van der Waals surface area contributed by atoms with Crippen molar-refractivity contribution in [3.05, 3.63) is 34.6 Å². The maximum absolute atomic E-state index is 12.9. The van der Waals surface area contributed by atoms with Crippen molar-refractivity contribution in [3.8, 4) is 0 Å². The molecule has 4 heteroatoms. The zero-order valence-corrected chi connectivity index (χ0v) is 9.68. The summed E-state index contributed by atoms with van der Waals surface area (Å²) in [6.45, 7) is 2.24. The van der Waals surface area contributed by atoms with Crippen LogP contribution in [-0.4, -0.2) is 24.2 Å². The van der Waals surface area contributed by atoms with Crippen LogP contribution in [0.5, 0.6) is 0 Å². The molecule has 0 aromatic heterocycles.